The van der Waals surface area contributed by atoms with Crippen LogP contribution in [-0.4, -0.2) is 31.4 Å². The molecular weight excluding hydrogens is 302 g/mol. The smallest absolute Gasteiger partial charge is 0.312 e. The van der Waals surface area contributed by atoms with Gasteiger partial charge in [0.1, 0.15) is 5.69 Å². The average Bonchev–Trinajstić information content (AvgIpc) is 2.37. The van der Waals surface area contributed by atoms with E-state index in [9.17, 15) is 18.5 Å². The second-order valence-corrected chi connectivity index (χ2v) is 7.20. The van der Waals surface area contributed by atoms with E-state index in [1.54, 1.807) is 11.8 Å². The minimum Gasteiger partial charge on any atom is -0.393 e. The van der Waals surface area contributed by atoms with Gasteiger partial charge in [-0.3, -0.25) is 10.1 Å². The molecule has 0 saturated carbocycles. The summed E-state index contributed by atoms with van der Waals surface area (Å²) in [6.45, 7) is 2.19. The van der Waals surface area contributed by atoms with Gasteiger partial charge in [-0.2, -0.15) is 11.8 Å². The Balaban J connectivity index is 2.99. The molecule has 1 atom stereocenters. The lowest BCUT2D eigenvalue weighted by Gasteiger charge is -2.10. The van der Waals surface area contributed by atoms with E-state index in [2.05, 4.69) is 4.72 Å². The summed E-state index contributed by atoms with van der Waals surface area (Å²) in [5.41, 5.74) is 4.72. The van der Waals surface area contributed by atoms with Gasteiger partial charge in [-0.05, 0) is 24.8 Å². The molecule has 1 aromatic carbocycles. The first-order chi connectivity index (χ1) is 9.29. The van der Waals surface area contributed by atoms with Gasteiger partial charge in [0.05, 0.1) is 4.92 Å². The maximum Gasteiger partial charge on any atom is 0.312 e. The van der Waals surface area contributed by atoms with Crippen LogP contribution >= 0.6 is 11.8 Å². The third-order valence-electron chi connectivity index (χ3n) is 2.75. The minimum atomic E-state index is -3.94. The van der Waals surface area contributed by atoms with Crippen LogP contribution in [0.2, 0.25) is 0 Å². The fourth-order valence-electron chi connectivity index (χ4n) is 1.54. The molecule has 1 rings (SSSR count). The van der Waals surface area contributed by atoms with Crippen molar-refractivity contribution >= 4 is 33.2 Å². The zero-order chi connectivity index (χ0) is 15.3. The monoisotopic (exact) mass is 319 g/mol. The maximum absolute atomic E-state index is 12.1. The number of hydrogen-bond donors (Lipinski definition) is 2. The van der Waals surface area contributed by atoms with Crippen molar-refractivity contribution in [1.82, 2.24) is 4.72 Å². The predicted molar refractivity (Wildman–Crippen MR) is 80.3 cm³/mol. The van der Waals surface area contributed by atoms with E-state index in [0.717, 1.165) is 0 Å². The predicted octanol–water partition coefficient (Wildman–Crippen LogP) is 1.60. The molecule has 0 saturated heterocycles. The van der Waals surface area contributed by atoms with Crippen molar-refractivity contribution in [3.63, 3.8) is 0 Å². The number of nitrogens with one attached hydrogen (secondary N) is 1. The molecule has 0 spiro atoms. The molecule has 7 nitrogen and oxygen atoms in total. The number of nitro groups is 1. The Morgan fingerprint density at radius 3 is 2.70 bits per heavy atom. The third kappa shape index (κ3) is 4.09. The Kier molecular flexibility index (Phi) is 5.78. The molecule has 0 amide bonds. The molecule has 3 N–H and O–H groups in total. The number of para-hydroxylation sites is 1. The number of nitrogens with two attached hydrogens (primary N) is 1. The van der Waals surface area contributed by atoms with Gasteiger partial charge in [0, 0.05) is 11.8 Å². The number of hydrogen-bond acceptors (Lipinski definition) is 6. The lowest BCUT2D eigenvalue weighted by molar-refractivity contribution is -0.386. The van der Waals surface area contributed by atoms with Gasteiger partial charge in [0.2, 0.25) is 10.0 Å². The van der Waals surface area contributed by atoms with Crippen molar-refractivity contribution < 1.29 is 13.3 Å². The molecule has 1 aromatic rings. The van der Waals surface area contributed by atoms with E-state index in [-0.39, 0.29) is 12.2 Å². The molecule has 112 valence electrons. The molecule has 0 aliphatic carbocycles. The van der Waals surface area contributed by atoms with Crippen molar-refractivity contribution in [2.24, 2.45) is 0 Å². The Hall–Kier alpha value is -1.32. The van der Waals surface area contributed by atoms with Gasteiger partial charge < -0.3 is 5.73 Å². The summed E-state index contributed by atoms with van der Waals surface area (Å²) < 4.78 is 26.6. The highest BCUT2D eigenvalue weighted by atomic mass is 32.2. The Morgan fingerprint density at radius 1 is 1.50 bits per heavy atom. The van der Waals surface area contributed by atoms with E-state index in [0.29, 0.717) is 11.7 Å². The summed E-state index contributed by atoms with van der Waals surface area (Å²) in [5.74, 6) is 0. The van der Waals surface area contributed by atoms with Gasteiger partial charge in [-0.15, -0.1) is 0 Å². The van der Waals surface area contributed by atoms with Gasteiger partial charge >= 0.3 is 5.69 Å². The number of nitro benzene ring substituents is 1. The summed E-state index contributed by atoms with van der Waals surface area (Å²) in [5, 5.41) is 11.2. The summed E-state index contributed by atoms with van der Waals surface area (Å²) in [7, 11) is -3.94. The van der Waals surface area contributed by atoms with Gasteiger partial charge in [0.15, 0.2) is 4.90 Å². The van der Waals surface area contributed by atoms with Crippen molar-refractivity contribution in [2.45, 2.75) is 23.5 Å². The number of thioether (sulfide) groups is 1. The van der Waals surface area contributed by atoms with Gasteiger partial charge in [-0.25, -0.2) is 13.1 Å². The van der Waals surface area contributed by atoms with Crippen LogP contribution < -0.4 is 10.5 Å². The van der Waals surface area contributed by atoms with Crippen LogP contribution in [0.3, 0.4) is 0 Å². The van der Waals surface area contributed by atoms with E-state index < -0.39 is 25.5 Å². The largest absolute Gasteiger partial charge is 0.393 e. The summed E-state index contributed by atoms with van der Waals surface area (Å²) in [6.07, 6.45) is 2.57. The summed E-state index contributed by atoms with van der Waals surface area (Å²) >= 11 is 1.62. The number of rotatable bonds is 7. The molecular formula is C11H17N3O4S2. The molecule has 20 heavy (non-hydrogen) atoms. The number of anilines is 1. The molecule has 9 heteroatoms. The van der Waals surface area contributed by atoms with E-state index in [1.807, 2.05) is 13.2 Å². The highest BCUT2D eigenvalue weighted by molar-refractivity contribution is 7.99. The summed E-state index contributed by atoms with van der Waals surface area (Å²) in [4.78, 5) is 9.76. The lowest BCUT2D eigenvalue weighted by Crippen LogP contribution is -2.27. The molecule has 0 aliphatic rings. The fourth-order valence-corrected chi connectivity index (χ4v) is 3.14. The van der Waals surface area contributed by atoms with Crippen LogP contribution in [-0.2, 0) is 10.0 Å². The van der Waals surface area contributed by atoms with E-state index in [4.69, 9.17) is 5.73 Å². The van der Waals surface area contributed by atoms with Crippen LogP contribution in [0.15, 0.2) is 23.1 Å². The topological polar surface area (TPSA) is 115 Å². The number of sulfonamides is 1. The molecule has 0 aliphatic heterocycles. The standard InChI is InChI=1S/C11H17N3O4S2/c1-8(19-2)6-7-13-20(17,18)10-5-3-4-9(12)11(10)14(15)16/h3-5,8,13H,6-7,12H2,1-2H3. The normalized spacial score (nSPS) is 13.1. The van der Waals surface area contributed by atoms with Crippen molar-refractivity contribution in [3.8, 4) is 0 Å². The average molecular weight is 319 g/mol. The van der Waals surface area contributed by atoms with Crippen LogP contribution in [0, 0.1) is 10.1 Å². The minimum absolute atomic E-state index is 0.171. The quantitative estimate of drug-likeness (QED) is 0.448. The highest BCUT2D eigenvalue weighted by Gasteiger charge is 2.27. The fraction of sp³-hybridized carbons (Fsp3) is 0.455. The van der Waals surface area contributed by atoms with Crippen LogP contribution in [0.5, 0.6) is 0 Å². The molecule has 0 radical (unpaired) electrons. The van der Waals surface area contributed by atoms with Crippen LogP contribution in [0.1, 0.15) is 13.3 Å². The highest BCUT2D eigenvalue weighted by Crippen LogP contribution is 2.29. The van der Waals surface area contributed by atoms with Crippen LogP contribution in [0.25, 0.3) is 0 Å². The van der Waals surface area contributed by atoms with E-state index >= 15 is 0 Å². The molecule has 0 fully saturated rings. The zero-order valence-corrected chi connectivity index (χ0v) is 12.8. The number of benzene rings is 1. The lowest BCUT2D eigenvalue weighted by atomic mass is 10.3. The first-order valence-corrected chi connectivity index (χ1v) is 8.62. The third-order valence-corrected chi connectivity index (χ3v) is 5.28. The Morgan fingerprint density at radius 2 is 2.15 bits per heavy atom. The number of nitrogens with zero attached hydrogens (tertiary/aromatic N) is 1. The second-order valence-electron chi connectivity index (χ2n) is 4.18. The van der Waals surface area contributed by atoms with Crippen molar-refractivity contribution in [2.75, 3.05) is 18.5 Å². The van der Waals surface area contributed by atoms with E-state index in [1.165, 1.54) is 18.2 Å². The zero-order valence-electron chi connectivity index (χ0n) is 11.2. The first-order valence-electron chi connectivity index (χ1n) is 5.85. The molecule has 0 aromatic heterocycles. The van der Waals surface area contributed by atoms with Crippen LogP contribution in [0.4, 0.5) is 11.4 Å². The molecule has 0 bridgehead atoms. The first kappa shape index (κ1) is 16.7. The van der Waals surface area contributed by atoms with Gasteiger partial charge in [0.25, 0.3) is 0 Å². The number of nitrogen functional groups attached to an aromatic ring is 1. The maximum atomic E-state index is 12.1. The SMILES string of the molecule is CSC(C)CCNS(=O)(=O)c1cccc(N)c1[N+](=O)[O-]. The van der Waals surface area contributed by atoms with Gasteiger partial charge in [-0.1, -0.05) is 13.0 Å². The van der Waals surface area contributed by atoms with Crippen molar-refractivity contribution in [1.29, 1.82) is 0 Å². The summed E-state index contributed by atoms with van der Waals surface area (Å²) in [6, 6.07) is 3.85. The molecule has 1 unspecified atom stereocenters. The second kappa shape index (κ2) is 6.91. The molecule has 0 heterocycles. The Bertz CT molecular complexity index is 589. The van der Waals surface area contributed by atoms with Crippen molar-refractivity contribution in [3.05, 3.63) is 28.3 Å². The Labute approximate surface area is 122 Å².